The van der Waals surface area contributed by atoms with Crippen molar-refractivity contribution >= 4 is 29.2 Å². The van der Waals surface area contributed by atoms with E-state index in [0.29, 0.717) is 37.6 Å². The molecular formula is C12H17N7OS. The van der Waals surface area contributed by atoms with Crippen LogP contribution in [0.25, 0.3) is 0 Å². The number of nitrogens with one attached hydrogen (secondary N) is 2. The van der Waals surface area contributed by atoms with Crippen molar-refractivity contribution in [3.63, 3.8) is 0 Å². The summed E-state index contributed by atoms with van der Waals surface area (Å²) in [6.45, 7) is 3.55. The molecule has 1 fully saturated rings. The van der Waals surface area contributed by atoms with Gasteiger partial charge in [0.15, 0.2) is 0 Å². The molecule has 0 aliphatic carbocycles. The van der Waals surface area contributed by atoms with Crippen LogP contribution in [0.15, 0.2) is 17.5 Å². The molecule has 2 aromatic rings. The van der Waals surface area contributed by atoms with E-state index in [2.05, 4.69) is 36.7 Å². The molecule has 0 atom stereocenters. The summed E-state index contributed by atoms with van der Waals surface area (Å²) < 4.78 is 5.34. The van der Waals surface area contributed by atoms with Crippen LogP contribution in [0.1, 0.15) is 4.88 Å². The Hall–Kier alpha value is -1.97. The molecule has 3 rings (SSSR count). The Morgan fingerprint density at radius 3 is 2.76 bits per heavy atom. The third kappa shape index (κ3) is 3.57. The molecule has 2 aromatic heterocycles. The van der Waals surface area contributed by atoms with Gasteiger partial charge in [-0.15, -0.1) is 11.3 Å². The second kappa shape index (κ2) is 6.66. The molecule has 0 amide bonds. The first-order valence-electron chi connectivity index (χ1n) is 6.67. The van der Waals surface area contributed by atoms with Crippen LogP contribution < -0.4 is 21.5 Å². The largest absolute Gasteiger partial charge is 0.378 e. The maximum Gasteiger partial charge on any atom is 0.243 e. The molecule has 3 heterocycles. The summed E-state index contributed by atoms with van der Waals surface area (Å²) in [4.78, 5) is 16.2. The smallest absolute Gasteiger partial charge is 0.243 e. The molecule has 9 heteroatoms. The molecule has 112 valence electrons. The molecular weight excluding hydrogens is 290 g/mol. The van der Waals surface area contributed by atoms with Crippen LogP contribution in [0.5, 0.6) is 0 Å². The molecule has 0 unspecified atom stereocenters. The van der Waals surface area contributed by atoms with E-state index in [-0.39, 0.29) is 0 Å². The highest BCUT2D eigenvalue weighted by molar-refractivity contribution is 7.09. The topological polar surface area (TPSA) is 101 Å². The number of hydrazine groups is 1. The number of rotatable bonds is 5. The highest BCUT2D eigenvalue weighted by Gasteiger charge is 2.16. The van der Waals surface area contributed by atoms with Gasteiger partial charge in [0, 0.05) is 18.0 Å². The quantitative estimate of drug-likeness (QED) is 0.547. The summed E-state index contributed by atoms with van der Waals surface area (Å²) in [5, 5.41) is 5.23. The third-order valence-corrected chi connectivity index (χ3v) is 3.92. The van der Waals surface area contributed by atoms with Gasteiger partial charge in [0.2, 0.25) is 17.8 Å². The fourth-order valence-corrected chi connectivity index (χ4v) is 2.64. The Labute approximate surface area is 126 Å². The zero-order chi connectivity index (χ0) is 14.5. The van der Waals surface area contributed by atoms with Crippen molar-refractivity contribution in [3.05, 3.63) is 22.4 Å². The summed E-state index contributed by atoms with van der Waals surface area (Å²) in [5.41, 5.74) is 2.48. The van der Waals surface area contributed by atoms with Gasteiger partial charge in [-0.3, -0.25) is 5.43 Å². The Morgan fingerprint density at radius 2 is 2.05 bits per heavy atom. The van der Waals surface area contributed by atoms with E-state index < -0.39 is 0 Å². The van der Waals surface area contributed by atoms with Gasteiger partial charge in [-0.25, -0.2) is 5.84 Å². The van der Waals surface area contributed by atoms with Gasteiger partial charge >= 0.3 is 0 Å². The van der Waals surface area contributed by atoms with Gasteiger partial charge in [0.25, 0.3) is 0 Å². The van der Waals surface area contributed by atoms with Crippen LogP contribution in [-0.4, -0.2) is 41.3 Å². The van der Waals surface area contributed by atoms with Crippen LogP contribution in [0.3, 0.4) is 0 Å². The molecule has 1 saturated heterocycles. The maximum absolute atomic E-state index is 5.44. The second-order valence-corrected chi connectivity index (χ2v) is 5.49. The molecule has 4 N–H and O–H groups in total. The minimum absolute atomic E-state index is 0.347. The number of nitrogens with two attached hydrogens (primary N) is 1. The number of morpholine rings is 1. The predicted octanol–water partition coefficient (Wildman–Crippen LogP) is 0.667. The summed E-state index contributed by atoms with van der Waals surface area (Å²) in [6.07, 6.45) is 0. The van der Waals surface area contributed by atoms with Crippen LogP contribution in [0.2, 0.25) is 0 Å². The molecule has 1 aliphatic rings. The van der Waals surface area contributed by atoms with E-state index in [1.807, 2.05) is 11.4 Å². The average Bonchev–Trinajstić information content (AvgIpc) is 3.07. The highest BCUT2D eigenvalue weighted by Crippen LogP contribution is 2.16. The molecule has 0 bridgehead atoms. The molecule has 0 spiro atoms. The van der Waals surface area contributed by atoms with Crippen LogP contribution in [0, 0.1) is 0 Å². The van der Waals surface area contributed by atoms with Crippen molar-refractivity contribution in [2.24, 2.45) is 5.84 Å². The van der Waals surface area contributed by atoms with Gasteiger partial charge in [-0.05, 0) is 11.4 Å². The number of anilines is 3. The van der Waals surface area contributed by atoms with Crippen molar-refractivity contribution < 1.29 is 4.74 Å². The summed E-state index contributed by atoms with van der Waals surface area (Å²) in [7, 11) is 0. The van der Waals surface area contributed by atoms with Gasteiger partial charge in [0.05, 0.1) is 19.8 Å². The number of nitrogen functional groups attached to an aromatic ring is 1. The number of hydrogen-bond donors (Lipinski definition) is 3. The second-order valence-electron chi connectivity index (χ2n) is 4.46. The van der Waals surface area contributed by atoms with Gasteiger partial charge < -0.3 is 15.0 Å². The first-order chi connectivity index (χ1) is 10.3. The minimum atomic E-state index is 0.347. The lowest BCUT2D eigenvalue weighted by atomic mass is 10.4. The zero-order valence-electron chi connectivity index (χ0n) is 11.5. The van der Waals surface area contributed by atoms with Crippen molar-refractivity contribution in [1.29, 1.82) is 0 Å². The van der Waals surface area contributed by atoms with Crippen molar-refractivity contribution in [3.8, 4) is 0 Å². The van der Waals surface area contributed by atoms with E-state index in [0.717, 1.165) is 13.1 Å². The van der Waals surface area contributed by atoms with Gasteiger partial charge in [-0.1, -0.05) is 6.07 Å². The van der Waals surface area contributed by atoms with Crippen molar-refractivity contribution in [1.82, 2.24) is 15.0 Å². The number of nitrogens with zero attached hydrogens (tertiary/aromatic N) is 4. The lowest BCUT2D eigenvalue weighted by molar-refractivity contribution is 0.122. The van der Waals surface area contributed by atoms with Crippen LogP contribution >= 0.6 is 11.3 Å². The Morgan fingerprint density at radius 1 is 1.24 bits per heavy atom. The van der Waals surface area contributed by atoms with Gasteiger partial charge in [-0.2, -0.15) is 15.0 Å². The highest BCUT2D eigenvalue weighted by atomic mass is 32.1. The lowest BCUT2D eigenvalue weighted by Gasteiger charge is -2.27. The molecule has 1 aliphatic heterocycles. The van der Waals surface area contributed by atoms with E-state index in [9.17, 15) is 0 Å². The Balaban J connectivity index is 1.75. The predicted molar refractivity (Wildman–Crippen MR) is 82.3 cm³/mol. The minimum Gasteiger partial charge on any atom is -0.378 e. The zero-order valence-corrected chi connectivity index (χ0v) is 12.3. The fraction of sp³-hybridized carbons (Fsp3) is 0.417. The molecule has 8 nitrogen and oxygen atoms in total. The Bertz CT molecular complexity index is 571. The standard InChI is InChI=1S/C12H17N7OS/c13-18-11-15-10(14-8-9-2-1-7-21-9)16-12(17-11)19-3-5-20-6-4-19/h1-2,7H,3-6,8,13H2,(H2,14,15,16,17,18). The fourth-order valence-electron chi connectivity index (χ4n) is 1.99. The first-order valence-corrected chi connectivity index (χ1v) is 7.55. The van der Waals surface area contributed by atoms with Crippen LogP contribution in [0.4, 0.5) is 17.8 Å². The summed E-state index contributed by atoms with van der Waals surface area (Å²) in [6, 6.07) is 4.07. The van der Waals surface area contributed by atoms with Crippen LogP contribution in [-0.2, 0) is 11.3 Å². The summed E-state index contributed by atoms with van der Waals surface area (Å²) >= 11 is 1.68. The monoisotopic (exact) mass is 307 g/mol. The first kappa shape index (κ1) is 14.0. The van der Waals surface area contributed by atoms with E-state index in [1.165, 1.54) is 4.88 Å². The molecule has 0 saturated carbocycles. The molecule has 0 aromatic carbocycles. The van der Waals surface area contributed by atoms with Crippen molar-refractivity contribution in [2.75, 3.05) is 41.9 Å². The number of aromatic nitrogens is 3. The SMILES string of the molecule is NNc1nc(NCc2cccs2)nc(N2CCOCC2)n1. The normalized spacial score (nSPS) is 15.0. The van der Waals surface area contributed by atoms with E-state index in [4.69, 9.17) is 10.6 Å². The number of hydrogen-bond acceptors (Lipinski definition) is 9. The van der Waals surface area contributed by atoms with Gasteiger partial charge in [0.1, 0.15) is 0 Å². The van der Waals surface area contributed by atoms with E-state index in [1.54, 1.807) is 11.3 Å². The maximum atomic E-state index is 5.44. The van der Waals surface area contributed by atoms with Crippen molar-refractivity contribution in [2.45, 2.75) is 6.54 Å². The third-order valence-electron chi connectivity index (χ3n) is 3.05. The van der Waals surface area contributed by atoms with E-state index >= 15 is 0 Å². The lowest BCUT2D eigenvalue weighted by Crippen LogP contribution is -2.37. The summed E-state index contributed by atoms with van der Waals surface area (Å²) in [5.74, 6) is 6.90. The average molecular weight is 307 g/mol. The molecule has 21 heavy (non-hydrogen) atoms. The Kier molecular flexibility index (Phi) is 4.43. The molecule has 0 radical (unpaired) electrons. The number of thiophene rings is 1. The number of ether oxygens (including phenoxy) is 1.